The summed E-state index contributed by atoms with van der Waals surface area (Å²) in [6.07, 6.45) is 2.43. The monoisotopic (exact) mass is 426 g/mol. The second-order valence-electron chi connectivity index (χ2n) is 7.39. The number of carbonyl (C=O) groups is 1. The van der Waals surface area contributed by atoms with Crippen LogP contribution in [0.2, 0.25) is 0 Å². The largest absolute Gasteiger partial charge is 0.465 e. The zero-order valence-electron chi connectivity index (χ0n) is 17.3. The Labute approximate surface area is 177 Å². The first-order valence-corrected chi connectivity index (χ1v) is 11.3. The van der Waals surface area contributed by atoms with Crippen molar-refractivity contribution in [1.29, 1.82) is 0 Å². The first kappa shape index (κ1) is 21.8. The summed E-state index contributed by atoms with van der Waals surface area (Å²) >= 11 is 0. The number of hydrogen-bond donors (Lipinski definition) is 1. The van der Waals surface area contributed by atoms with Gasteiger partial charge in [-0.15, -0.1) is 0 Å². The fourth-order valence-electron chi connectivity index (χ4n) is 3.58. The second kappa shape index (κ2) is 9.26. The molecule has 7 heteroatoms. The molecule has 2 atom stereocenters. The molecule has 1 N–H and O–H groups in total. The summed E-state index contributed by atoms with van der Waals surface area (Å²) < 4.78 is 30.6. The van der Waals surface area contributed by atoms with E-state index in [0.717, 1.165) is 16.7 Å². The molecule has 0 aliphatic heterocycles. The van der Waals surface area contributed by atoms with Crippen molar-refractivity contribution in [3.05, 3.63) is 77.4 Å². The van der Waals surface area contributed by atoms with Gasteiger partial charge in [-0.1, -0.05) is 53.6 Å². The maximum atomic E-state index is 12.8. The molecule has 158 valence electrons. The van der Waals surface area contributed by atoms with E-state index in [1.165, 1.54) is 12.1 Å². The molecular formula is C23H26N2O4S. The van der Waals surface area contributed by atoms with Crippen LogP contribution in [-0.2, 0) is 19.6 Å². The highest BCUT2D eigenvalue weighted by atomic mass is 32.2. The maximum Gasteiger partial charge on any atom is 0.315 e. The summed E-state index contributed by atoms with van der Waals surface area (Å²) in [6.45, 7) is 5.81. The molecule has 0 spiro atoms. The van der Waals surface area contributed by atoms with Gasteiger partial charge >= 0.3 is 5.97 Å². The normalized spacial score (nSPS) is 20.5. The molecule has 0 saturated heterocycles. The molecule has 1 aliphatic rings. The summed E-state index contributed by atoms with van der Waals surface area (Å²) in [5.74, 6) is -1.29. The van der Waals surface area contributed by atoms with Gasteiger partial charge in [0, 0.05) is 5.92 Å². The topological polar surface area (TPSA) is 84.8 Å². The van der Waals surface area contributed by atoms with Crippen molar-refractivity contribution in [3.63, 3.8) is 0 Å². The van der Waals surface area contributed by atoms with Crippen LogP contribution in [0.4, 0.5) is 0 Å². The van der Waals surface area contributed by atoms with E-state index in [9.17, 15) is 13.2 Å². The zero-order chi connectivity index (χ0) is 21.7. The van der Waals surface area contributed by atoms with Gasteiger partial charge in [0.05, 0.1) is 17.2 Å². The molecule has 0 unspecified atom stereocenters. The van der Waals surface area contributed by atoms with E-state index in [1.807, 2.05) is 44.2 Å². The number of sulfonamides is 1. The van der Waals surface area contributed by atoms with E-state index in [-0.39, 0.29) is 17.4 Å². The van der Waals surface area contributed by atoms with Gasteiger partial charge in [-0.05, 0) is 51.0 Å². The lowest BCUT2D eigenvalue weighted by molar-refractivity contribution is -0.146. The van der Waals surface area contributed by atoms with E-state index in [0.29, 0.717) is 12.1 Å². The highest BCUT2D eigenvalue weighted by Crippen LogP contribution is 2.37. The molecule has 0 amide bonds. The highest BCUT2D eigenvalue weighted by Gasteiger charge is 2.37. The zero-order valence-corrected chi connectivity index (χ0v) is 18.1. The molecule has 0 saturated carbocycles. The van der Waals surface area contributed by atoms with Crippen molar-refractivity contribution >= 4 is 21.7 Å². The van der Waals surface area contributed by atoms with Crippen molar-refractivity contribution in [2.75, 3.05) is 6.61 Å². The van der Waals surface area contributed by atoms with E-state index in [4.69, 9.17) is 4.74 Å². The minimum Gasteiger partial charge on any atom is -0.465 e. The van der Waals surface area contributed by atoms with Gasteiger partial charge in [-0.2, -0.15) is 18.4 Å². The third kappa shape index (κ3) is 4.97. The van der Waals surface area contributed by atoms with Crippen LogP contribution in [0.1, 0.15) is 37.3 Å². The van der Waals surface area contributed by atoms with Crippen LogP contribution in [-0.4, -0.2) is 26.7 Å². The van der Waals surface area contributed by atoms with E-state index < -0.39 is 21.9 Å². The Kier molecular flexibility index (Phi) is 6.72. The summed E-state index contributed by atoms with van der Waals surface area (Å²) in [5, 5.41) is 4.17. The smallest absolute Gasteiger partial charge is 0.315 e. The molecule has 6 nitrogen and oxygen atoms in total. The molecular weight excluding hydrogens is 400 g/mol. The lowest BCUT2D eigenvalue weighted by Gasteiger charge is -2.30. The van der Waals surface area contributed by atoms with Crippen LogP contribution in [0.15, 0.2) is 76.2 Å². The van der Waals surface area contributed by atoms with Gasteiger partial charge < -0.3 is 4.74 Å². The fraction of sp³-hybridized carbons (Fsp3) is 0.304. The number of benzene rings is 2. The number of allylic oxidation sites excluding steroid dienone is 2. The molecule has 1 aliphatic carbocycles. The summed E-state index contributed by atoms with van der Waals surface area (Å²) in [4.78, 5) is 15.2. The highest BCUT2D eigenvalue weighted by molar-refractivity contribution is 7.89. The summed E-state index contributed by atoms with van der Waals surface area (Å²) in [5.41, 5.74) is 3.30. The first-order chi connectivity index (χ1) is 14.3. The van der Waals surface area contributed by atoms with Crippen LogP contribution >= 0.6 is 0 Å². The first-order valence-electron chi connectivity index (χ1n) is 9.86. The predicted octanol–water partition coefficient (Wildman–Crippen LogP) is 3.94. The minimum absolute atomic E-state index is 0.112. The van der Waals surface area contributed by atoms with Crippen molar-refractivity contribution in [3.8, 4) is 0 Å². The Morgan fingerprint density at radius 3 is 2.40 bits per heavy atom. The van der Waals surface area contributed by atoms with Crippen molar-refractivity contribution in [1.82, 2.24) is 4.83 Å². The molecule has 0 aromatic heterocycles. The van der Waals surface area contributed by atoms with Crippen LogP contribution < -0.4 is 4.83 Å². The van der Waals surface area contributed by atoms with Gasteiger partial charge in [0.2, 0.25) is 0 Å². The molecule has 0 heterocycles. The number of hydrogen-bond acceptors (Lipinski definition) is 5. The number of carbonyl (C=O) groups excluding carboxylic acids is 1. The van der Waals surface area contributed by atoms with E-state index in [2.05, 4.69) is 9.93 Å². The Morgan fingerprint density at radius 2 is 1.77 bits per heavy atom. The molecule has 2 aromatic carbocycles. The van der Waals surface area contributed by atoms with Gasteiger partial charge in [0.25, 0.3) is 10.0 Å². The van der Waals surface area contributed by atoms with Crippen molar-refractivity contribution in [2.45, 2.75) is 38.0 Å². The van der Waals surface area contributed by atoms with Crippen molar-refractivity contribution in [2.24, 2.45) is 11.0 Å². The number of nitrogens with zero attached hydrogens (tertiary/aromatic N) is 1. The third-order valence-electron chi connectivity index (χ3n) is 5.05. The number of rotatable bonds is 6. The number of hydrazone groups is 1. The van der Waals surface area contributed by atoms with Crippen molar-refractivity contribution < 1.29 is 17.9 Å². The number of ether oxygens (including phenoxy) is 1. The van der Waals surface area contributed by atoms with Crippen LogP contribution in [0.25, 0.3) is 0 Å². The number of esters is 1. The molecule has 3 rings (SSSR count). The predicted molar refractivity (Wildman–Crippen MR) is 117 cm³/mol. The number of nitrogens with one attached hydrogen (secondary N) is 1. The van der Waals surface area contributed by atoms with Gasteiger partial charge in [0.15, 0.2) is 0 Å². The Bertz CT molecular complexity index is 1060. The Hall–Kier alpha value is -2.93. The average molecular weight is 427 g/mol. The lowest BCUT2D eigenvalue weighted by Crippen LogP contribution is -2.35. The van der Waals surface area contributed by atoms with E-state index >= 15 is 0 Å². The molecule has 0 bridgehead atoms. The maximum absolute atomic E-state index is 12.8. The molecule has 0 fully saturated rings. The van der Waals surface area contributed by atoms with Crippen LogP contribution in [0.5, 0.6) is 0 Å². The van der Waals surface area contributed by atoms with Crippen LogP contribution in [0, 0.1) is 12.8 Å². The molecule has 30 heavy (non-hydrogen) atoms. The molecule has 2 aromatic rings. The minimum atomic E-state index is -3.86. The SMILES string of the molecule is CCOC(=O)[C@H]1/C(=N\NS(=O)(=O)c2ccc(C)cc2)C=C(C)C[C@@H]1c1ccccc1. The van der Waals surface area contributed by atoms with Gasteiger partial charge in [-0.25, -0.2) is 0 Å². The van der Waals surface area contributed by atoms with Gasteiger partial charge in [-0.3, -0.25) is 4.79 Å². The third-order valence-corrected chi connectivity index (χ3v) is 6.28. The Balaban J connectivity index is 1.98. The quantitative estimate of drug-likeness (QED) is 0.560. The van der Waals surface area contributed by atoms with Crippen LogP contribution in [0.3, 0.4) is 0 Å². The summed E-state index contributed by atoms with van der Waals surface area (Å²) in [7, 11) is -3.86. The standard InChI is InChI=1S/C23H26N2O4S/c1-4-29-23(26)22-20(18-8-6-5-7-9-18)14-17(3)15-21(22)24-25-30(27,28)19-12-10-16(2)11-13-19/h5-13,15,20,22,25H,4,14H2,1-3H3/b24-21-/t20-,22-/m1/s1. The number of aryl methyl sites for hydroxylation is 1. The van der Waals surface area contributed by atoms with Gasteiger partial charge in [0.1, 0.15) is 5.92 Å². The summed E-state index contributed by atoms with van der Waals surface area (Å²) in [6, 6.07) is 16.2. The fourth-order valence-corrected chi connectivity index (χ4v) is 4.41. The second-order valence-corrected chi connectivity index (χ2v) is 9.05. The lowest BCUT2D eigenvalue weighted by atomic mass is 9.75. The molecule has 0 radical (unpaired) electrons. The Morgan fingerprint density at radius 1 is 1.10 bits per heavy atom. The average Bonchev–Trinajstić information content (AvgIpc) is 2.73. The van der Waals surface area contributed by atoms with E-state index in [1.54, 1.807) is 25.1 Å².